The molecule has 4 heterocycles. The van der Waals surface area contributed by atoms with E-state index in [1.54, 1.807) is 7.11 Å². The number of hydrogen-bond donors (Lipinski definition) is 0. The van der Waals surface area contributed by atoms with Gasteiger partial charge in [-0.1, -0.05) is 17.3 Å². The van der Waals surface area contributed by atoms with Gasteiger partial charge in [0.2, 0.25) is 0 Å². The van der Waals surface area contributed by atoms with E-state index in [-0.39, 0.29) is 0 Å². The number of benzene rings is 1. The van der Waals surface area contributed by atoms with Crippen molar-refractivity contribution in [3.63, 3.8) is 0 Å². The quantitative estimate of drug-likeness (QED) is 0.867. The fourth-order valence-electron chi connectivity index (χ4n) is 3.65. The monoisotopic (exact) mass is 284 g/mol. The molecule has 21 heavy (non-hydrogen) atoms. The summed E-state index contributed by atoms with van der Waals surface area (Å²) in [6.07, 6.45) is 4.65. The summed E-state index contributed by atoms with van der Waals surface area (Å²) in [6.45, 7) is 3.60. The van der Waals surface area contributed by atoms with E-state index in [2.05, 4.69) is 26.1 Å². The van der Waals surface area contributed by atoms with Crippen LogP contribution in [0.5, 0.6) is 5.75 Å². The first-order chi connectivity index (χ1) is 10.3. The summed E-state index contributed by atoms with van der Waals surface area (Å²) < 4.78 is 7.49. The van der Waals surface area contributed by atoms with Crippen LogP contribution in [0.1, 0.15) is 18.9 Å². The lowest BCUT2D eigenvalue weighted by Crippen LogP contribution is -2.48. The predicted octanol–water partition coefficient (Wildman–Crippen LogP) is 2.22. The predicted molar refractivity (Wildman–Crippen MR) is 80.2 cm³/mol. The highest BCUT2D eigenvalue weighted by atomic mass is 16.5. The maximum absolute atomic E-state index is 5.42. The zero-order valence-electron chi connectivity index (χ0n) is 12.3. The summed E-state index contributed by atoms with van der Waals surface area (Å²) in [4.78, 5) is 2.54. The molecule has 5 nitrogen and oxygen atoms in total. The third-order valence-electron chi connectivity index (χ3n) is 4.85. The van der Waals surface area contributed by atoms with Crippen LogP contribution in [-0.4, -0.2) is 46.6 Å². The Balaban J connectivity index is 1.64. The van der Waals surface area contributed by atoms with Crippen LogP contribution >= 0.6 is 0 Å². The van der Waals surface area contributed by atoms with Crippen molar-refractivity contribution >= 4 is 0 Å². The Morgan fingerprint density at radius 3 is 2.71 bits per heavy atom. The zero-order valence-corrected chi connectivity index (χ0v) is 12.3. The maximum atomic E-state index is 5.42. The van der Waals surface area contributed by atoms with E-state index in [9.17, 15) is 0 Å². The van der Waals surface area contributed by atoms with Crippen LogP contribution in [0, 0.1) is 5.92 Å². The lowest BCUT2D eigenvalue weighted by atomic mass is 9.84. The summed E-state index contributed by atoms with van der Waals surface area (Å²) >= 11 is 0. The SMILES string of the molecule is COc1ccccc1-c1cn(C2CN3CCC2CC3)nn1. The fraction of sp³-hybridized carbons (Fsp3) is 0.500. The van der Waals surface area contributed by atoms with E-state index in [1.807, 2.05) is 24.3 Å². The van der Waals surface area contributed by atoms with Crippen LogP contribution in [0.4, 0.5) is 0 Å². The molecule has 0 amide bonds. The molecule has 1 aromatic carbocycles. The van der Waals surface area contributed by atoms with Gasteiger partial charge in [-0.25, -0.2) is 4.68 Å². The lowest BCUT2D eigenvalue weighted by molar-refractivity contribution is 0.0504. The smallest absolute Gasteiger partial charge is 0.128 e. The van der Waals surface area contributed by atoms with Gasteiger partial charge >= 0.3 is 0 Å². The summed E-state index contributed by atoms with van der Waals surface area (Å²) in [6, 6.07) is 8.45. The van der Waals surface area contributed by atoms with Gasteiger partial charge in [0.25, 0.3) is 0 Å². The number of aromatic nitrogens is 3. The van der Waals surface area contributed by atoms with Gasteiger partial charge in [0.05, 0.1) is 19.3 Å². The normalized spacial score (nSPS) is 27.8. The van der Waals surface area contributed by atoms with Gasteiger partial charge in [-0.3, -0.25) is 0 Å². The van der Waals surface area contributed by atoms with Crippen molar-refractivity contribution in [1.29, 1.82) is 0 Å². The van der Waals surface area contributed by atoms with Crippen molar-refractivity contribution in [3.05, 3.63) is 30.5 Å². The van der Waals surface area contributed by atoms with E-state index in [1.165, 1.54) is 25.9 Å². The number of nitrogens with zero attached hydrogens (tertiary/aromatic N) is 4. The third kappa shape index (κ3) is 2.21. The molecule has 0 aliphatic carbocycles. The summed E-state index contributed by atoms with van der Waals surface area (Å²) in [5.41, 5.74) is 1.90. The van der Waals surface area contributed by atoms with Crippen molar-refractivity contribution in [2.75, 3.05) is 26.7 Å². The van der Waals surface area contributed by atoms with Gasteiger partial charge in [-0.2, -0.15) is 0 Å². The van der Waals surface area contributed by atoms with Crippen molar-refractivity contribution in [2.45, 2.75) is 18.9 Å². The minimum atomic E-state index is 0.475. The first-order valence-electron chi connectivity index (χ1n) is 7.63. The molecule has 3 saturated heterocycles. The van der Waals surface area contributed by atoms with Gasteiger partial charge in [0.1, 0.15) is 11.4 Å². The Morgan fingerprint density at radius 1 is 1.19 bits per heavy atom. The van der Waals surface area contributed by atoms with E-state index < -0.39 is 0 Å². The van der Waals surface area contributed by atoms with E-state index in [0.717, 1.165) is 29.5 Å². The average Bonchev–Trinajstić information content (AvgIpc) is 3.05. The molecule has 2 aromatic rings. The molecule has 1 atom stereocenters. The number of hydrogen-bond acceptors (Lipinski definition) is 4. The first kappa shape index (κ1) is 12.8. The molecule has 0 spiro atoms. The minimum Gasteiger partial charge on any atom is -0.496 e. The number of ether oxygens (including phenoxy) is 1. The van der Waals surface area contributed by atoms with Crippen LogP contribution < -0.4 is 4.74 Å². The van der Waals surface area contributed by atoms with Gasteiger partial charge in [0, 0.05) is 12.1 Å². The van der Waals surface area contributed by atoms with E-state index in [4.69, 9.17) is 4.74 Å². The highest BCUT2D eigenvalue weighted by Crippen LogP contribution is 2.36. The van der Waals surface area contributed by atoms with Crippen LogP contribution in [0.25, 0.3) is 11.3 Å². The number of piperidine rings is 3. The Kier molecular flexibility index (Phi) is 3.15. The number of rotatable bonds is 3. The minimum absolute atomic E-state index is 0.475. The molecule has 3 fully saturated rings. The number of methoxy groups -OCH3 is 1. The van der Waals surface area contributed by atoms with Crippen LogP contribution in [0.3, 0.4) is 0 Å². The van der Waals surface area contributed by atoms with Crippen LogP contribution in [0.15, 0.2) is 30.5 Å². The molecular weight excluding hydrogens is 264 g/mol. The third-order valence-corrected chi connectivity index (χ3v) is 4.85. The number of fused-ring (bicyclic) bond motifs is 3. The first-order valence-corrected chi connectivity index (χ1v) is 7.63. The summed E-state index contributed by atoms with van der Waals surface area (Å²) in [7, 11) is 1.69. The molecular formula is C16H20N4O. The lowest BCUT2D eigenvalue weighted by Gasteiger charge is -2.44. The van der Waals surface area contributed by atoms with Crippen molar-refractivity contribution in [2.24, 2.45) is 5.92 Å². The van der Waals surface area contributed by atoms with Gasteiger partial charge in [-0.05, 0) is 44.0 Å². The Labute approximate surface area is 124 Å². The van der Waals surface area contributed by atoms with Crippen LogP contribution in [-0.2, 0) is 0 Å². The molecule has 0 N–H and O–H groups in total. The highest BCUT2D eigenvalue weighted by Gasteiger charge is 2.35. The average molecular weight is 284 g/mol. The summed E-state index contributed by atoms with van der Waals surface area (Å²) in [5.74, 6) is 1.60. The molecule has 5 rings (SSSR count). The molecule has 3 aliphatic rings. The van der Waals surface area contributed by atoms with E-state index >= 15 is 0 Å². The largest absolute Gasteiger partial charge is 0.496 e. The molecule has 1 aromatic heterocycles. The summed E-state index contributed by atoms with van der Waals surface area (Å²) in [5, 5.41) is 8.76. The molecule has 3 aliphatic heterocycles. The second kappa shape index (κ2) is 5.15. The maximum Gasteiger partial charge on any atom is 0.128 e. The Hall–Kier alpha value is -1.88. The van der Waals surface area contributed by atoms with Gasteiger partial charge in [0.15, 0.2) is 0 Å². The Bertz CT molecular complexity index is 631. The fourth-order valence-corrected chi connectivity index (χ4v) is 3.65. The van der Waals surface area contributed by atoms with Gasteiger partial charge < -0.3 is 9.64 Å². The van der Waals surface area contributed by atoms with Crippen molar-refractivity contribution in [3.8, 4) is 17.0 Å². The standard InChI is InChI=1S/C16H20N4O/c1-21-16-5-3-2-4-13(16)14-10-20(18-17-14)15-11-19-8-6-12(15)7-9-19/h2-5,10,12,15H,6-9,11H2,1H3. The van der Waals surface area contributed by atoms with Crippen molar-refractivity contribution in [1.82, 2.24) is 19.9 Å². The highest BCUT2D eigenvalue weighted by molar-refractivity contribution is 5.66. The van der Waals surface area contributed by atoms with Crippen LogP contribution in [0.2, 0.25) is 0 Å². The Morgan fingerprint density at radius 2 is 2.00 bits per heavy atom. The number of para-hydroxylation sites is 1. The molecule has 0 saturated carbocycles. The topological polar surface area (TPSA) is 43.2 Å². The molecule has 1 unspecified atom stereocenters. The second-order valence-corrected chi connectivity index (χ2v) is 5.99. The molecule has 2 bridgehead atoms. The zero-order chi connectivity index (χ0) is 14.2. The van der Waals surface area contributed by atoms with Gasteiger partial charge in [-0.15, -0.1) is 5.10 Å². The molecule has 0 radical (unpaired) electrons. The molecule has 110 valence electrons. The van der Waals surface area contributed by atoms with E-state index in [0.29, 0.717) is 6.04 Å². The second-order valence-electron chi connectivity index (χ2n) is 5.99. The van der Waals surface area contributed by atoms with Crippen molar-refractivity contribution < 1.29 is 4.74 Å². The molecule has 5 heteroatoms.